The molecule has 1 aromatic heterocycles. The van der Waals surface area contributed by atoms with Gasteiger partial charge in [0.15, 0.2) is 0 Å². The van der Waals surface area contributed by atoms with Gasteiger partial charge in [-0.25, -0.2) is 4.98 Å². The first-order chi connectivity index (χ1) is 14.6. The number of anilines is 1. The lowest BCUT2D eigenvalue weighted by Gasteiger charge is -2.10. The third-order valence-electron chi connectivity index (χ3n) is 4.67. The third-order valence-corrected chi connectivity index (χ3v) is 5.01. The molecule has 0 fully saturated rings. The highest BCUT2D eigenvalue weighted by Gasteiger charge is 2.08. The summed E-state index contributed by atoms with van der Waals surface area (Å²) in [6, 6.07) is 21.2. The summed E-state index contributed by atoms with van der Waals surface area (Å²) >= 11 is 6.12. The molecule has 0 saturated carbocycles. The fourth-order valence-electron chi connectivity index (χ4n) is 3.21. The number of carbonyl (C=O) groups is 1. The molecule has 0 bridgehead atoms. The second-order valence-corrected chi connectivity index (χ2v) is 7.20. The summed E-state index contributed by atoms with van der Waals surface area (Å²) in [7, 11) is 0. The highest BCUT2D eigenvalue weighted by Crippen LogP contribution is 2.29. The number of rotatable bonds is 5. The zero-order valence-electron chi connectivity index (χ0n) is 16.3. The van der Waals surface area contributed by atoms with Crippen molar-refractivity contribution in [3.8, 4) is 22.6 Å². The number of aromatic nitrogens is 1. The molecule has 1 amide bonds. The van der Waals surface area contributed by atoms with Crippen molar-refractivity contribution in [2.24, 2.45) is 0 Å². The predicted octanol–water partition coefficient (Wildman–Crippen LogP) is 6.62. The van der Waals surface area contributed by atoms with Crippen LogP contribution in [0.4, 0.5) is 5.69 Å². The highest BCUT2D eigenvalue weighted by atomic mass is 35.5. The Morgan fingerprint density at radius 1 is 1.03 bits per heavy atom. The van der Waals surface area contributed by atoms with E-state index in [4.69, 9.17) is 16.0 Å². The van der Waals surface area contributed by atoms with E-state index in [-0.39, 0.29) is 5.91 Å². The van der Waals surface area contributed by atoms with E-state index in [2.05, 4.69) is 10.3 Å². The highest BCUT2D eigenvalue weighted by molar-refractivity contribution is 6.32. The molecule has 0 aliphatic rings. The Balaban J connectivity index is 1.50. The van der Waals surface area contributed by atoms with Gasteiger partial charge in [-0.2, -0.15) is 0 Å². The first kappa shape index (κ1) is 19.7. The fraction of sp³-hybridized carbons (Fsp3) is 0.0400. The van der Waals surface area contributed by atoms with Crippen molar-refractivity contribution in [3.05, 3.63) is 101 Å². The quantitative estimate of drug-likeness (QED) is 0.373. The van der Waals surface area contributed by atoms with Crippen molar-refractivity contribution < 1.29 is 9.21 Å². The summed E-state index contributed by atoms with van der Waals surface area (Å²) in [5.41, 5.74) is 5.62. The molecule has 0 saturated heterocycles. The number of nitrogens with zero attached hydrogens (tertiary/aromatic N) is 1. The molecular formula is C25H19ClN2O2. The number of hydrogen-bond acceptors (Lipinski definition) is 3. The lowest BCUT2D eigenvalue weighted by molar-refractivity contribution is -0.111. The maximum absolute atomic E-state index is 12.3. The van der Waals surface area contributed by atoms with Gasteiger partial charge in [0.05, 0.1) is 6.20 Å². The summed E-state index contributed by atoms with van der Waals surface area (Å²) in [6.45, 7) is 2.02. The number of halogens is 1. The molecule has 5 heteroatoms. The minimum atomic E-state index is -0.215. The standard InChI is InChI=1S/C25H19ClN2O2/c1-17-15-21(28-24(29)12-9-18-5-2-3-8-23(18)26)10-11-22(17)19-6-4-7-20(16-19)25-27-13-14-30-25/h2-16H,1H3,(H,28,29)/b12-9+. The van der Waals surface area contributed by atoms with Crippen LogP contribution in [0.25, 0.3) is 28.7 Å². The van der Waals surface area contributed by atoms with Crippen molar-refractivity contribution in [2.45, 2.75) is 6.92 Å². The Labute approximate surface area is 179 Å². The smallest absolute Gasteiger partial charge is 0.248 e. The predicted molar refractivity (Wildman–Crippen MR) is 121 cm³/mol. The molecule has 0 unspecified atom stereocenters. The van der Waals surface area contributed by atoms with Crippen LogP contribution in [0.1, 0.15) is 11.1 Å². The second kappa shape index (κ2) is 8.80. The Morgan fingerprint density at radius 2 is 1.87 bits per heavy atom. The SMILES string of the molecule is Cc1cc(NC(=O)/C=C/c2ccccc2Cl)ccc1-c1cccc(-c2ncco2)c1. The van der Waals surface area contributed by atoms with Crippen molar-refractivity contribution in [2.75, 3.05) is 5.32 Å². The van der Waals surface area contributed by atoms with Crippen LogP contribution in [0.2, 0.25) is 5.02 Å². The monoisotopic (exact) mass is 414 g/mol. The molecule has 4 nitrogen and oxygen atoms in total. The summed E-state index contributed by atoms with van der Waals surface area (Å²) in [5.74, 6) is 0.372. The zero-order chi connectivity index (χ0) is 20.9. The van der Waals surface area contributed by atoms with Gasteiger partial charge in [-0.3, -0.25) is 4.79 Å². The van der Waals surface area contributed by atoms with Gasteiger partial charge in [-0.05, 0) is 65.6 Å². The van der Waals surface area contributed by atoms with E-state index < -0.39 is 0 Å². The third kappa shape index (κ3) is 4.50. The van der Waals surface area contributed by atoms with Crippen LogP contribution in [0.15, 0.2) is 89.7 Å². The minimum absolute atomic E-state index is 0.215. The van der Waals surface area contributed by atoms with E-state index in [9.17, 15) is 4.79 Å². The van der Waals surface area contributed by atoms with Gasteiger partial charge in [0.25, 0.3) is 0 Å². The van der Waals surface area contributed by atoms with Gasteiger partial charge in [0, 0.05) is 22.3 Å². The summed E-state index contributed by atoms with van der Waals surface area (Å²) in [4.78, 5) is 16.5. The average Bonchev–Trinajstić information content (AvgIpc) is 3.28. The van der Waals surface area contributed by atoms with Crippen molar-refractivity contribution in [1.82, 2.24) is 4.98 Å². The number of carbonyl (C=O) groups excluding carboxylic acids is 1. The minimum Gasteiger partial charge on any atom is -0.445 e. The molecular weight excluding hydrogens is 396 g/mol. The van der Waals surface area contributed by atoms with Crippen LogP contribution in [-0.2, 0) is 4.79 Å². The lowest BCUT2D eigenvalue weighted by Crippen LogP contribution is -2.07. The molecule has 4 aromatic rings. The normalized spacial score (nSPS) is 11.0. The zero-order valence-corrected chi connectivity index (χ0v) is 17.1. The van der Waals surface area contributed by atoms with Crippen molar-refractivity contribution in [3.63, 3.8) is 0 Å². The largest absolute Gasteiger partial charge is 0.445 e. The van der Waals surface area contributed by atoms with Crippen LogP contribution in [0.3, 0.4) is 0 Å². The Kier molecular flexibility index (Phi) is 5.77. The maximum atomic E-state index is 12.3. The number of oxazole rings is 1. The first-order valence-electron chi connectivity index (χ1n) is 9.45. The maximum Gasteiger partial charge on any atom is 0.248 e. The number of amides is 1. The molecule has 0 aliphatic heterocycles. The molecule has 3 aromatic carbocycles. The number of hydrogen-bond donors (Lipinski definition) is 1. The molecule has 0 aliphatic carbocycles. The molecule has 148 valence electrons. The van der Waals surface area contributed by atoms with Crippen molar-refractivity contribution in [1.29, 1.82) is 0 Å². The Hall–Kier alpha value is -3.63. The molecule has 30 heavy (non-hydrogen) atoms. The molecule has 0 spiro atoms. The van der Waals surface area contributed by atoms with Crippen LogP contribution >= 0.6 is 11.6 Å². The van der Waals surface area contributed by atoms with Gasteiger partial charge in [0.1, 0.15) is 6.26 Å². The average molecular weight is 415 g/mol. The Bertz CT molecular complexity index is 1210. The molecule has 1 heterocycles. The van der Waals surface area contributed by atoms with Crippen LogP contribution in [-0.4, -0.2) is 10.9 Å². The van der Waals surface area contributed by atoms with E-state index in [0.29, 0.717) is 10.9 Å². The topological polar surface area (TPSA) is 55.1 Å². The lowest BCUT2D eigenvalue weighted by atomic mass is 9.98. The number of nitrogens with one attached hydrogen (secondary N) is 1. The van der Waals surface area contributed by atoms with Gasteiger partial charge in [0.2, 0.25) is 11.8 Å². The van der Waals surface area contributed by atoms with Crippen molar-refractivity contribution >= 4 is 29.3 Å². The number of benzene rings is 3. The van der Waals surface area contributed by atoms with Gasteiger partial charge >= 0.3 is 0 Å². The molecule has 0 radical (unpaired) electrons. The van der Waals surface area contributed by atoms with Gasteiger partial charge < -0.3 is 9.73 Å². The van der Waals surface area contributed by atoms with Crippen LogP contribution in [0, 0.1) is 6.92 Å². The number of aryl methyl sites for hydroxylation is 1. The second-order valence-electron chi connectivity index (χ2n) is 6.79. The van der Waals surface area contributed by atoms with E-state index in [0.717, 1.165) is 33.5 Å². The summed E-state index contributed by atoms with van der Waals surface area (Å²) in [6.07, 6.45) is 6.37. The van der Waals surface area contributed by atoms with E-state index in [1.54, 1.807) is 24.6 Å². The fourth-order valence-corrected chi connectivity index (χ4v) is 3.41. The summed E-state index contributed by atoms with van der Waals surface area (Å²) in [5, 5.41) is 3.50. The van der Waals surface area contributed by atoms with E-state index >= 15 is 0 Å². The first-order valence-corrected chi connectivity index (χ1v) is 9.82. The Morgan fingerprint density at radius 3 is 2.63 bits per heavy atom. The van der Waals surface area contributed by atoms with Crippen LogP contribution in [0.5, 0.6) is 0 Å². The van der Waals surface area contributed by atoms with Gasteiger partial charge in [-0.15, -0.1) is 0 Å². The molecule has 0 atom stereocenters. The summed E-state index contributed by atoms with van der Waals surface area (Å²) < 4.78 is 5.39. The van der Waals surface area contributed by atoms with Crippen LogP contribution < -0.4 is 5.32 Å². The van der Waals surface area contributed by atoms with E-state index in [1.165, 1.54) is 6.08 Å². The molecule has 4 rings (SSSR count). The molecule has 1 N–H and O–H groups in total. The van der Waals surface area contributed by atoms with E-state index in [1.807, 2.05) is 67.6 Å². The van der Waals surface area contributed by atoms with Gasteiger partial charge in [-0.1, -0.05) is 48.0 Å².